The zero-order chi connectivity index (χ0) is 16.4. The van der Waals surface area contributed by atoms with Crippen molar-refractivity contribution in [1.82, 2.24) is 0 Å². The molecule has 0 fully saturated rings. The molecule has 0 saturated carbocycles. The van der Waals surface area contributed by atoms with Crippen LogP contribution in [0.3, 0.4) is 0 Å². The molecule has 1 aliphatic carbocycles. The molecule has 0 heterocycles. The van der Waals surface area contributed by atoms with Gasteiger partial charge in [0, 0.05) is 10.7 Å². The highest BCUT2D eigenvalue weighted by atomic mass is 35.5. The van der Waals surface area contributed by atoms with Crippen LogP contribution in [-0.2, 0) is 17.6 Å². The van der Waals surface area contributed by atoms with Crippen LogP contribution in [0.1, 0.15) is 24.5 Å². The lowest BCUT2D eigenvalue weighted by atomic mass is 10.1. The molecule has 1 atom stereocenters. The van der Waals surface area contributed by atoms with Gasteiger partial charge in [0.15, 0.2) is 6.10 Å². The Kier molecular flexibility index (Phi) is 4.79. The zero-order valence-corrected chi connectivity index (χ0v) is 14.2. The molecular weight excluding hydrogens is 333 g/mol. The number of hydrogen-bond acceptors (Lipinski definition) is 2. The van der Waals surface area contributed by atoms with Crippen molar-refractivity contribution in [3.05, 3.63) is 57.6 Å². The molecule has 23 heavy (non-hydrogen) atoms. The summed E-state index contributed by atoms with van der Waals surface area (Å²) in [5.41, 5.74) is 3.49. The van der Waals surface area contributed by atoms with Gasteiger partial charge >= 0.3 is 0 Å². The van der Waals surface area contributed by atoms with Crippen LogP contribution in [0.5, 0.6) is 5.75 Å². The van der Waals surface area contributed by atoms with Gasteiger partial charge in [0.2, 0.25) is 0 Å². The normalized spacial score (nSPS) is 14.2. The van der Waals surface area contributed by atoms with E-state index in [0.29, 0.717) is 15.8 Å². The topological polar surface area (TPSA) is 38.3 Å². The van der Waals surface area contributed by atoms with E-state index in [-0.39, 0.29) is 5.91 Å². The number of fused-ring (bicyclic) bond motifs is 1. The Morgan fingerprint density at radius 3 is 2.70 bits per heavy atom. The third-order valence-corrected chi connectivity index (χ3v) is 4.46. The Morgan fingerprint density at radius 1 is 1.13 bits per heavy atom. The molecule has 0 aliphatic heterocycles. The van der Waals surface area contributed by atoms with Gasteiger partial charge in [0.05, 0.1) is 5.02 Å². The van der Waals surface area contributed by atoms with Gasteiger partial charge in [-0.05, 0) is 67.6 Å². The maximum Gasteiger partial charge on any atom is 0.265 e. The summed E-state index contributed by atoms with van der Waals surface area (Å²) in [5.74, 6) is 0.224. The minimum atomic E-state index is -0.665. The molecule has 2 aromatic rings. The molecule has 120 valence electrons. The molecule has 3 rings (SSSR count). The SMILES string of the molecule is C[C@@H](Oc1ccc(Cl)cc1Cl)C(=O)Nc1ccc2c(c1)CCC2. The third kappa shape index (κ3) is 3.80. The summed E-state index contributed by atoms with van der Waals surface area (Å²) in [7, 11) is 0. The Morgan fingerprint density at radius 2 is 1.91 bits per heavy atom. The summed E-state index contributed by atoms with van der Waals surface area (Å²) in [6.45, 7) is 1.69. The summed E-state index contributed by atoms with van der Waals surface area (Å²) in [6.07, 6.45) is 2.72. The lowest BCUT2D eigenvalue weighted by Gasteiger charge is -2.16. The number of aryl methyl sites for hydroxylation is 2. The standard InChI is InChI=1S/C18H17Cl2NO2/c1-11(23-17-8-6-14(19)10-16(17)20)18(22)21-15-7-5-12-3-2-4-13(12)9-15/h5-11H,2-4H2,1H3,(H,21,22)/t11-/m1/s1. The first-order valence-corrected chi connectivity index (χ1v) is 8.33. The zero-order valence-electron chi connectivity index (χ0n) is 12.7. The molecule has 1 N–H and O–H groups in total. The number of anilines is 1. The van der Waals surface area contributed by atoms with Gasteiger partial charge in [-0.3, -0.25) is 4.79 Å². The molecule has 0 bridgehead atoms. The van der Waals surface area contributed by atoms with Crippen molar-refractivity contribution in [2.24, 2.45) is 0 Å². The van der Waals surface area contributed by atoms with Crippen molar-refractivity contribution >= 4 is 34.8 Å². The molecule has 0 unspecified atom stereocenters. The van der Waals surface area contributed by atoms with Crippen molar-refractivity contribution in [1.29, 1.82) is 0 Å². The lowest BCUT2D eigenvalue weighted by Crippen LogP contribution is -2.30. The van der Waals surface area contributed by atoms with Crippen molar-refractivity contribution in [2.75, 3.05) is 5.32 Å². The molecule has 0 spiro atoms. The number of carbonyl (C=O) groups excluding carboxylic acids is 1. The number of rotatable bonds is 4. The number of ether oxygens (including phenoxy) is 1. The van der Waals surface area contributed by atoms with Crippen LogP contribution in [0.25, 0.3) is 0 Å². The Hall–Kier alpha value is -1.71. The molecule has 1 amide bonds. The van der Waals surface area contributed by atoms with Crippen LogP contribution < -0.4 is 10.1 Å². The van der Waals surface area contributed by atoms with Crippen molar-refractivity contribution in [3.8, 4) is 5.75 Å². The Labute approximate surface area is 145 Å². The van der Waals surface area contributed by atoms with Gasteiger partial charge in [-0.15, -0.1) is 0 Å². The summed E-state index contributed by atoms with van der Waals surface area (Å²) in [4.78, 5) is 12.3. The van der Waals surface area contributed by atoms with E-state index in [1.54, 1.807) is 25.1 Å². The van der Waals surface area contributed by atoms with E-state index in [2.05, 4.69) is 11.4 Å². The largest absolute Gasteiger partial charge is 0.479 e. The molecule has 0 saturated heterocycles. The highest BCUT2D eigenvalue weighted by Gasteiger charge is 2.18. The number of benzene rings is 2. The Bertz CT molecular complexity index is 746. The van der Waals surface area contributed by atoms with E-state index in [1.807, 2.05) is 12.1 Å². The molecule has 1 aliphatic rings. The summed E-state index contributed by atoms with van der Waals surface area (Å²) < 4.78 is 5.62. The fourth-order valence-electron chi connectivity index (χ4n) is 2.71. The molecule has 5 heteroatoms. The fourth-order valence-corrected chi connectivity index (χ4v) is 3.16. The van der Waals surface area contributed by atoms with Crippen molar-refractivity contribution in [2.45, 2.75) is 32.3 Å². The van der Waals surface area contributed by atoms with E-state index in [4.69, 9.17) is 27.9 Å². The number of hydrogen-bond donors (Lipinski definition) is 1. The first-order valence-electron chi connectivity index (χ1n) is 7.57. The molecule has 0 radical (unpaired) electrons. The van der Waals surface area contributed by atoms with E-state index in [1.165, 1.54) is 17.5 Å². The average molecular weight is 350 g/mol. The minimum absolute atomic E-state index is 0.214. The Balaban J connectivity index is 1.65. The summed E-state index contributed by atoms with van der Waals surface area (Å²) >= 11 is 11.9. The molecule has 2 aromatic carbocycles. The summed E-state index contributed by atoms with van der Waals surface area (Å²) in [5, 5.41) is 3.80. The van der Waals surface area contributed by atoms with Gasteiger partial charge in [-0.2, -0.15) is 0 Å². The van der Waals surface area contributed by atoms with Crippen LogP contribution in [0, 0.1) is 0 Å². The average Bonchev–Trinajstić information content (AvgIpc) is 2.97. The lowest BCUT2D eigenvalue weighted by molar-refractivity contribution is -0.122. The number of amides is 1. The smallest absolute Gasteiger partial charge is 0.265 e. The van der Waals surface area contributed by atoms with E-state index in [9.17, 15) is 4.79 Å². The van der Waals surface area contributed by atoms with Gasteiger partial charge in [0.25, 0.3) is 5.91 Å². The van der Waals surface area contributed by atoms with Crippen LogP contribution >= 0.6 is 23.2 Å². The van der Waals surface area contributed by atoms with E-state index in [0.717, 1.165) is 18.5 Å². The third-order valence-electron chi connectivity index (χ3n) is 3.93. The van der Waals surface area contributed by atoms with Crippen LogP contribution in [0.15, 0.2) is 36.4 Å². The highest BCUT2D eigenvalue weighted by Crippen LogP contribution is 2.29. The van der Waals surface area contributed by atoms with E-state index >= 15 is 0 Å². The van der Waals surface area contributed by atoms with Gasteiger partial charge < -0.3 is 10.1 Å². The predicted octanol–water partition coefficient (Wildman–Crippen LogP) is 4.89. The second-order valence-electron chi connectivity index (χ2n) is 5.66. The number of halogens is 2. The first kappa shape index (κ1) is 16.2. The molecule has 3 nitrogen and oxygen atoms in total. The van der Waals surface area contributed by atoms with E-state index < -0.39 is 6.10 Å². The van der Waals surface area contributed by atoms with Crippen molar-refractivity contribution in [3.63, 3.8) is 0 Å². The number of nitrogens with one attached hydrogen (secondary N) is 1. The van der Waals surface area contributed by atoms with Gasteiger partial charge in [-0.1, -0.05) is 29.3 Å². The quantitative estimate of drug-likeness (QED) is 0.853. The molecular formula is C18H17Cl2NO2. The molecule has 0 aromatic heterocycles. The first-order chi connectivity index (χ1) is 11.0. The fraction of sp³-hybridized carbons (Fsp3) is 0.278. The number of carbonyl (C=O) groups is 1. The van der Waals surface area contributed by atoms with Gasteiger partial charge in [-0.25, -0.2) is 0 Å². The van der Waals surface area contributed by atoms with Crippen LogP contribution in [0.2, 0.25) is 10.0 Å². The predicted molar refractivity (Wildman–Crippen MR) is 93.6 cm³/mol. The maximum atomic E-state index is 12.3. The second kappa shape index (κ2) is 6.81. The van der Waals surface area contributed by atoms with Gasteiger partial charge in [0.1, 0.15) is 5.75 Å². The minimum Gasteiger partial charge on any atom is -0.479 e. The second-order valence-corrected chi connectivity index (χ2v) is 6.50. The highest BCUT2D eigenvalue weighted by molar-refractivity contribution is 6.35. The maximum absolute atomic E-state index is 12.3. The van der Waals surface area contributed by atoms with Crippen LogP contribution in [-0.4, -0.2) is 12.0 Å². The van der Waals surface area contributed by atoms with Crippen molar-refractivity contribution < 1.29 is 9.53 Å². The van der Waals surface area contributed by atoms with Crippen LogP contribution in [0.4, 0.5) is 5.69 Å². The monoisotopic (exact) mass is 349 g/mol. The summed E-state index contributed by atoms with van der Waals surface area (Å²) in [6, 6.07) is 11.0.